The van der Waals surface area contributed by atoms with Crippen LogP contribution in [0.4, 0.5) is 11.6 Å². The van der Waals surface area contributed by atoms with Gasteiger partial charge in [0.15, 0.2) is 11.6 Å². The maximum Gasteiger partial charge on any atom is 0.204 e. The lowest BCUT2D eigenvalue weighted by Crippen LogP contribution is -2.27. The molecule has 1 aromatic heterocycles. The fourth-order valence-electron chi connectivity index (χ4n) is 3.16. The highest BCUT2D eigenvalue weighted by Crippen LogP contribution is 2.33. The average molecular weight is 292 g/mol. The Hall–Kier alpha value is -1.52. The lowest BCUT2D eigenvalue weighted by Gasteiger charge is -2.29. The molecule has 1 saturated carbocycles. The SMILES string of the molecule is CCCC1CCC(Nc2ncnc(NCC)c2OC)CC1. The minimum atomic E-state index is 0.497. The van der Waals surface area contributed by atoms with E-state index in [0.717, 1.165) is 29.8 Å². The Bertz CT molecular complexity index is 430. The van der Waals surface area contributed by atoms with Crippen molar-refractivity contribution in [2.75, 3.05) is 24.3 Å². The first kappa shape index (κ1) is 15.9. The monoisotopic (exact) mass is 292 g/mol. The van der Waals surface area contributed by atoms with Crippen LogP contribution in [0.3, 0.4) is 0 Å². The van der Waals surface area contributed by atoms with E-state index in [1.54, 1.807) is 13.4 Å². The summed E-state index contributed by atoms with van der Waals surface area (Å²) in [6.07, 6.45) is 9.33. The summed E-state index contributed by atoms with van der Waals surface area (Å²) in [5.74, 6) is 3.20. The first-order valence-electron chi connectivity index (χ1n) is 8.17. The van der Waals surface area contributed by atoms with Gasteiger partial charge in [-0.15, -0.1) is 0 Å². The smallest absolute Gasteiger partial charge is 0.204 e. The Balaban J connectivity index is 1.98. The normalized spacial score (nSPS) is 21.9. The van der Waals surface area contributed by atoms with Crippen molar-refractivity contribution in [2.24, 2.45) is 5.92 Å². The lowest BCUT2D eigenvalue weighted by atomic mass is 9.83. The number of nitrogens with zero attached hydrogens (tertiary/aromatic N) is 2. The molecule has 1 aromatic rings. The van der Waals surface area contributed by atoms with Gasteiger partial charge in [-0.2, -0.15) is 0 Å². The number of hydrogen-bond acceptors (Lipinski definition) is 5. The fraction of sp³-hybridized carbons (Fsp3) is 0.750. The van der Waals surface area contributed by atoms with Crippen LogP contribution in [-0.4, -0.2) is 29.7 Å². The molecule has 1 fully saturated rings. The third-order valence-corrected chi connectivity index (χ3v) is 4.24. The van der Waals surface area contributed by atoms with Crippen molar-refractivity contribution in [2.45, 2.75) is 58.4 Å². The van der Waals surface area contributed by atoms with Gasteiger partial charge >= 0.3 is 0 Å². The highest BCUT2D eigenvalue weighted by atomic mass is 16.5. The number of nitrogens with one attached hydrogen (secondary N) is 2. The highest BCUT2D eigenvalue weighted by Gasteiger charge is 2.22. The molecule has 0 atom stereocenters. The van der Waals surface area contributed by atoms with E-state index in [9.17, 15) is 0 Å². The molecular weight excluding hydrogens is 264 g/mol. The number of hydrogen-bond donors (Lipinski definition) is 2. The van der Waals surface area contributed by atoms with Crippen LogP contribution in [-0.2, 0) is 0 Å². The molecule has 5 nitrogen and oxygen atoms in total. The van der Waals surface area contributed by atoms with E-state index < -0.39 is 0 Å². The minimum Gasteiger partial charge on any atom is -0.490 e. The van der Waals surface area contributed by atoms with Crippen LogP contribution < -0.4 is 15.4 Å². The van der Waals surface area contributed by atoms with Gasteiger partial charge in [0, 0.05) is 12.6 Å². The van der Waals surface area contributed by atoms with Crippen molar-refractivity contribution < 1.29 is 4.74 Å². The zero-order chi connectivity index (χ0) is 15.1. The Morgan fingerprint density at radius 1 is 1.14 bits per heavy atom. The van der Waals surface area contributed by atoms with E-state index >= 15 is 0 Å². The number of aromatic nitrogens is 2. The predicted octanol–water partition coefficient (Wildman–Crippen LogP) is 3.69. The van der Waals surface area contributed by atoms with Gasteiger partial charge in [-0.05, 0) is 38.5 Å². The summed E-state index contributed by atoms with van der Waals surface area (Å²) in [5.41, 5.74) is 0. The summed E-state index contributed by atoms with van der Waals surface area (Å²) in [6.45, 7) is 5.14. The molecule has 0 aromatic carbocycles. The van der Waals surface area contributed by atoms with Crippen LogP contribution in [0.5, 0.6) is 5.75 Å². The quantitative estimate of drug-likeness (QED) is 0.802. The molecule has 0 amide bonds. The minimum absolute atomic E-state index is 0.497. The van der Waals surface area contributed by atoms with Crippen LogP contribution in [0.15, 0.2) is 6.33 Å². The van der Waals surface area contributed by atoms with Gasteiger partial charge in [0.2, 0.25) is 5.75 Å². The van der Waals surface area contributed by atoms with Gasteiger partial charge in [-0.3, -0.25) is 0 Å². The summed E-state index contributed by atoms with van der Waals surface area (Å²) in [5, 5.41) is 6.76. The largest absolute Gasteiger partial charge is 0.490 e. The maximum absolute atomic E-state index is 5.48. The molecule has 0 spiro atoms. The predicted molar refractivity (Wildman–Crippen MR) is 87.0 cm³/mol. The second-order valence-electron chi connectivity index (χ2n) is 5.79. The molecule has 0 radical (unpaired) electrons. The van der Waals surface area contributed by atoms with E-state index in [0.29, 0.717) is 6.04 Å². The van der Waals surface area contributed by atoms with Crippen molar-refractivity contribution in [1.29, 1.82) is 0 Å². The molecule has 118 valence electrons. The maximum atomic E-state index is 5.48. The van der Waals surface area contributed by atoms with Gasteiger partial charge in [0.1, 0.15) is 6.33 Å². The Morgan fingerprint density at radius 3 is 2.48 bits per heavy atom. The van der Waals surface area contributed by atoms with Crippen molar-refractivity contribution in [3.8, 4) is 5.75 Å². The number of rotatable bonds is 7. The van der Waals surface area contributed by atoms with E-state index in [1.165, 1.54) is 38.5 Å². The third-order valence-electron chi connectivity index (χ3n) is 4.24. The topological polar surface area (TPSA) is 59.1 Å². The molecular formula is C16H28N4O. The van der Waals surface area contributed by atoms with Crippen LogP contribution in [0.1, 0.15) is 52.4 Å². The molecule has 2 N–H and O–H groups in total. The van der Waals surface area contributed by atoms with Crippen LogP contribution in [0.25, 0.3) is 0 Å². The van der Waals surface area contributed by atoms with Crippen molar-refractivity contribution in [3.05, 3.63) is 6.33 Å². The molecule has 1 aliphatic carbocycles. The first-order valence-corrected chi connectivity index (χ1v) is 8.17. The summed E-state index contributed by atoms with van der Waals surface area (Å²) in [6, 6.07) is 0.497. The first-order chi connectivity index (χ1) is 10.3. The summed E-state index contributed by atoms with van der Waals surface area (Å²) in [4.78, 5) is 8.60. The Kier molecular flexibility index (Phi) is 6.08. The average Bonchev–Trinajstić information content (AvgIpc) is 2.50. The number of methoxy groups -OCH3 is 1. The highest BCUT2D eigenvalue weighted by molar-refractivity contribution is 5.63. The summed E-state index contributed by atoms with van der Waals surface area (Å²) >= 11 is 0. The van der Waals surface area contributed by atoms with Crippen molar-refractivity contribution >= 4 is 11.6 Å². The molecule has 2 rings (SSSR count). The third kappa shape index (κ3) is 4.22. The molecule has 1 aliphatic rings. The number of ether oxygens (including phenoxy) is 1. The summed E-state index contributed by atoms with van der Waals surface area (Å²) < 4.78 is 5.48. The van der Waals surface area contributed by atoms with E-state index in [-0.39, 0.29) is 0 Å². The lowest BCUT2D eigenvalue weighted by molar-refractivity contribution is 0.318. The van der Waals surface area contributed by atoms with Crippen LogP contribution in [0.2, 0.25) is 0 Å². The summed E-state index contributed by atoms with van der Waals surface area (Å²) in [7, 11) is 1.67. The van der Waals surface area contributed by atoms with Gasteiger partial charge < -0.3 is 15.4 Å². The second-order valence-corrected chi connectivity index (χ2v) is 5.79. The van der Waals surface area contributed by atoms with E-state index in [2.05, 4.69) is 27.5 Å². The number of anilines is 2. The van der Waals surface area contributed by atoms with Crippen molar-refractivity contribution in [3.63, 3.8) is 0 Å². The molecule has 21 heavy (non-hydrogen) atoms. The van der Waals surface area contributed by atoms with Gasteiger partial charge in [-0.25, -0.2) is 9.97 Å². The standard InChI is InChI=1S/C16H28N4O/c1-4-6-12-7-9-13(10-8-12)20-16-14(21-3)15(17-5-2)18-11-19-16/h11-13H,4-10H2,1-3H3,(H2,17,18,19,20). The van der Waals surface area contributed by atoms with Crippen LogP contribution in [0, 0.1) is 5.92 Å². The van der Waals surface area contributed by atoms with E-state index in [1.807, 2.05) is 6.92 Å². The van der Waals surface area contributed by atoms with Gasteiger partial charge in [0.25, 0.3) is 0 Å². The molecule has 0 bridgehead atoms. The Labute approximate surface area is 127 Å². The van der Waals surface area contributed by atoms with Gasteiger partial charge in [0.05, 0.1) is 7.11 Å². The molecule has 0 aliphatic heterocycles. The zero-order valence-corrected chi connectivity index (χ0v) is 13.5. The van der Waals surface area contributed by atoms with Gasteiger partial charge in [-0.1, -0.05) is 19.8 Å². The second kappa shape index (κ2) is 8.05. The van der Waals surface area contributed by atoms with Crippen molar-refractivity contribution in [1.82, 2.24) is 9.97 Å². The molecule has 5 heteroatoms. The van der Waals surface area contributed by atoms with Crippen LogP contribution >= 0.6 is 0 Å². The fourth-order valence-corrected chi connectivity index (χ4v) is 3.16. The van der Waals surface area contributed by atoms with E-state index in [4.69, 9.17) is 4.74 Å². The molecule has 0 unspecified atom stereocenters. The zero-order valence-electron chi connectivity index (χ0n) is 13.5. The molecule has 0 saturated heterocycles. The molecule has 1 heterocycles. The Morgan fingerprint density at radius 2 is 1.86 bits per heavy atom.